The van der Waals surface area contributed by atoms with Crippen LogP contribution in [0.3, 0.4) is 0 Å². The number of ether oxygens (including phenoxy) is 1. The number of fused-ring (bicyclic) bond motifs is 1. The second-order valence-corrected chi connectivity index (χ2v) is 10.1. The number of carbonyl (C=O) groups excluding carboxylic acids is 1. The van der Waals surface area contributed by atoms with E-state index in [4.69, 9.17) is 9.84 Å². The van der Waals surface area contributed by atoms with E-state index < -0.39 is 5.60 Å². The minimum absolute atomic E-state index is 0.0547. The number of aliphatic hydroxyl groups is 1. The Morgan fingerprint density at radius 3 is 2.62 bits per heavy atom. The van der Waals surface area contributed by atoms with Gasteiger partial charge in [0.15, 0.2) is 0 Å². The molecule has 1 N–H and O–H groups in total. The van der Waals surface area contributed by atoms with Gasteiger partial charge in [0.1, 0.15) is 5.60 Å². The Balaban J connectivity index is 1.72. The van der Waals surface area contributed by atoms with Gasteiger partial charge in [-0.05, 0) is 81.9 Å². The molecule has 3 aromatic rings. The average molecular weight is 462 g/mol. The second-order valence-electron chi connectivity index (χ2n) is 10.1. The van der Waals surface area contributed by atoms with E-state index >= 15 is 0 Å². The molecule has 1 aromatic heterocycles. The van der Waals surface area contributed by atoms with Crippen molar-refractivity contribution in [2.45, 2.75) is 59.1 Å². The predicted octanol–water partition coefficient (Wildman–Crippen LogP) is 5.98. The predicted molar refractivity (Wildman–Crippen MR) is 137 cm³/mol. The van der Waals surface area contributed by atoms with Gasteiger partial charge in [-0.3, -0.25) is 4.68 Å². The molecule has 0 saturated carbocycles. The Morgan fingerprint density at radius 1 is 1.21 bits per heavy atom. The molecular weight excluding hydrogens is 426 g/mol. The fourth-order valence-electron chi connectivity index (χ4n) is 4.49. The topological polar surface area (TPSA) is 67.6 Å². The van der Waals surface area contributed by atoms with E-state index in [0.717, 1.165) is 28.6 Å². The van der Waals surface area contributed by atoms with Gasteiger partial charge in [-0.2, -0.15) is 5.10 Å². The first-order valence-electron chi connectivity index (χ1n) is 12.0. The SMILES string of the molecule is Cc1ccccc1-c1ccc2c(C3=CCN(C(=O)OC(C)(C)C)CC3)n(C(C)CCO)nc2c1. The molecule has 1 unspecified atom stereocenters. The molecule has 0 spiro atoms. The van der Waals surface area contributed by atoms with Crippen LogP contribution in [0.4, 0.5) is 4.79 Å². The summed E-state index contributed by atoms with van der Waals surface area (Å²) >= 11 is 0. The summed E-state index contributed by atoms with van der Waals surface area (Å²) in [6, 6.07) is 14.9. The highest BCUT2D eigenvalue weighted by Crippen LogP contribution is 2.35. The summed E-state index contributed by atoms with van der Waals surface area (Å²) < 4.78 is 7.60. The van der Waals surface area contributed by atoms with Crippen molar-refractivity contribution in [1.29, 1.82) is 0 Å². The molecular formula is C28H35N3O3. The summed E-state index contributed by atoms with van der Waals surface area (Å²) in [5, 5.41) is 15.7. The van der Waals surface area contributed by atoms with Crippen LogP contribution in [0.1, 0.15) is 57.8 Å². The maximum Gasteiger partial charge on any atom is 0.410 e. The van der Waals surface area contributed by atoms with Crippen molar-refractivity contribution in [2.75, 3.05) is 19.7 Å². The van der Waals surface area contributed by atoms with E-state index in [-0.39, 0.29) is 18.7 Å². The molecule has 2 aromatic carbocycles. The van der Waals surface area contributed by atoms with Crippen LogP contribution in [0.5, 0.6) is 0 Å². The molecule has 1 aliphatic heterocycles. The van der Waals surface area contributed by atoms with Gasteiger partial charge < -0.3 is 14.7 Å². The Hall–Kier alpha value is -3.12. The molecule has 0 radical (unpaired) electrons. The van der Waals surface area contributed by atoms with Gasteiger partial charge in [0, 0.05) is 25.1 Å². The number of aryl methyl sites for hydroxylation is 1. The van der Waals surface area contributed by atoms with E-state index in [2.05, 4.69) is 67.1 Å². The molecule has 2 heterocycles. The van der Waals surface area contributed by atoms with Crippen LogP contribution in [0, 0.1) is 6.92 Å². The van der Waals surface area contributed by atoms with Crippen LogP contribution in [0.2, 0.25) is 0 Å². The van der Waals surface area contributed by atoms with Crippen molar-refractivity contribution in [3.63, 3.8) is 0 Å². The summed E-state index contributed by atoms with van der Waals surface area (Å²) in [6.45, 7) is 11.1. The summed E-state index contributed by atoms with van der Waals surface area (Å²) in [5.74, 6) is 0. The summed E-state index contributed by atoms with van der Waals surface area (Å²) in [6.07, 6.45) is 3.19. The Bertz CT molecular complexity index is 1220. The number of rotatable bonds is 5. The van der Waals surface area contributed by atoms with Gasteiger partial charge >= 0.3 is 6.09 Å². The van der Waals surface area contributed by atoms with Gasteiger partial charge in [0.25, 0.3) is 0 Å². The highest BCUT2D eigenvalue weighted by atomic mass is 16.6. The summed E-state index contributed by atoms with van der Waals surface area (Å²) in [4.78, 5) is 14.2. The minimum Gasteiger partial charge on any atom is -0.444 e. The molecule has 1 amide bonds. The van der Waals surface area contributed by atoms with Crippen molar-refractivity contribution < 1.29 is 14.6 Å². The maximum absolute atomic E-state index is 12.5. The van der Waals surface area contributed by atoms with Crippen molar-refractivity contribution in [3.05, 3.63) is 59.8 Å². The molecule has 0 bridgehead atoms. The lowest BCUT2D eigenvalue weighted by Gasteiger charge is -2.30. The van der Waals surface area contributed by atoms with Crippen molar-refractivity contribution >= 4 is 22.6 Å². The van der Waals surface area contributed by atoms with E-state index in [9.17, 15) is 9.90 Å². The zero-order valence-corrected chi connectivity index (χ0v) is 20.8. The first-order valence-corrected chi connectivity index (χ1v) is 12.0. The van der Waals surface area contributed by atoms with Crippen LogP contribution in [-0.4, -0.2) is 51.2 Å². The lowest BCUT2D eigenvalue weighted by atomic mass is 9.97. The van der Waals surface area contributed by atoms with Gasteiger partial charge in [-0.25, -0.2) is 4.79 Å². The number of hydrogen-bond donors (Lipinski definition) is 1. The Kier molecular flexibility index (Phi) is 6.80. The number of amides is 1. The highest BCUT2D eigenvalue weighted by Gasteiger charge is 2.26. The number of benzene rings is 2. The molecule has 0 saturated heterocycles. The summed E-state index contributed by atoms with van der Waals surface area (Å²) in [5.41, 5.74) is 6.26. The minimum atomic E-state index is -0.509. The number of aromatic nitrogens is 2. The molecule has 180 valence electrons. The van der Waals surface area contributed by atoms with Crippen LogP contribution >= 0.6 is 0 Å². The van der Waals surface area contributed by atoms with Crippen molar-refractivity contribution in [2.24, 2.45) is 0 Å². The largest absolute Gasteiger partial charge is 0.444 e. The third-order valence-electron chi connectivity index (χ3n) is 6.28. The molecule has 0 aliphatic carbocycles. The Labute approximate surface area is 201 Å². The second kappa shape index (κ2) is 9.63. The van der Waals surface area contributed by atoms with E-state index in [1.807, 2.05) is 20.8 Å². The highest BCUT2D eigenvalue weighted by molar-refractivity contribution is 5.94. The molecule has 0 fully saturated rings. The fraction of sp³-hybridized carbons (Fsp3) is 0.429. The van der Waals surface area contributed by atoms with Crippen LogP contribution < -0.4 is 0 Å². The lowest BCUT2D eigenvalue weighted by molar-refractivity contribution is 0.0270. The zero-order chi connectivity index (χ0) is 24.5. The molecule has 34 heavy (non-hydrogen) atoms. The first-order chi connectivity index (χ1) is 16.2. The molecule has 4 rings (SSSR count). The van der Waals surface area contributed by atoms with E-state index in [0.29, 0.717) is 19.5 Å². The van der Waals surface area contributed by atoms with Gasteiger partial charge in [-0.1, -0.05) is 36.4 Å². The van der Waals surface area contributed by atoms with Crippen LogP contribution in [-0.2, 0) is 4.74 Å². The average Bonchev–Trinajstić information content (AvgIpc) is 3.17. The number of carbonyl (C=O) groups is 1. The maximum atomic E-state index is 12.5. The van der Waals surface area contributed by atoms with Crippen LogP contribution in [0.25, 0.3) is 27.6 Å². The Morgan fingerprint density at radius 2 is 1.97 bits per heavy atom. The quantitative estimate of drug-likeness (QED) is 0.508. The third-order valence-corrected chi connectivity index (χ3v) is 6.28. The van der Waals surface area contributed by atoms with Gasteiger partial charge in [0.05, 0.1) is 17.3 Å². The standard InChI is InChI=1S/C28H35N3O3/c1-19-8-6-7-9-23(19)22-10-11-24-25(18-22)29-31(20(2)14-17-32)26(24)21-12-15-30(16-13-21)27(33)34-28(3,4)5/h6-12,18,20,32H,13-17H2,1-5H3. The van der Waals surface area contributed by atoms with Gasteiger partial charge in [0.2, 0.25) is 0 Å². The lowest BCUT2D eigenvalue weighted by Crippen LogP contribution is -2.39. The van der Waals surface area contributed by atoms with Crippen molar-refractivity contribution in [1.82, 2.24) is 14.7 Å². The van der Waals surface area contributed by atoms with Gasteiger partial charge in [-0.15, -0.1) is 0 Å². The number of aliphatic hydroxyl groups excluding tert-OH is 1. The monoisotopic (exact) mass is 461 g/mol. The normalized spacial score (nSPS) is 15.4. The first kappa shape index (κ1) is 24.0. The summed E-state index contributed by atoms with van der Waals surface area (Å²) in [7, 11) is 0. The third kappa shape index (κ3) is 5.02. The molecule has 1 aliphatic rings. The van der Waals surface area contributed by atoms with Crippen molar-refractivity contribution in [3.8, 4) is 11.1 Å². The molecule has 1 atom stereocenters. The van der Waals surface area contributed by atoms with E-state index in [1.165, 1.54) is 16.7 Å². The number of hydrogen-bond acceptors (Lipinski definition) is 4. The fourth-order valence-corrected chi connectivity index (χ4v) is 4.49. The molecule has 6 nitrogen and oxygen atoms in total. The zero-order valence-electron chi connectivity index (χ0n) is 20.8. The van der Waals surface area contributed by atoms with E-state index in [1.54, 1.807) is 4.90 Å². The smallest absolute Gasteiger partial charge is 0.410 e. The number of nitrogens with zero attached hydrogens (tertiary/aromatic N) is 3. The van der Waals surface area contributed by atoms with Crippen LogP contribution in [0.15, 0.2) is 48.5 Å². The molecule has 6 heteroatoms.